The molecule has 1 spiro atoms. The lowest BCUT2D eigenvalue weighted by Crippen LogP contribution is -2.46. The summed E-state index contributed by atoms with van der Waals surface area (Å²) < 4.78 is 7.06. The van der Waals surface area contributed by atoms with Gasteiger partial charge < -0.3 is 34.2 Å². The second kappa shape index (κ2) is 15.9. The molecule has 5 aliphatic heterocycles. The Balaban J connectivity index is 1.28. The van der Waals surface area contributed by atoms with Crippen molar-refractivity contribution in [2.45, 2.75) is 133 Å². The Morgan fingerprint density at radius 1 is 0.852 bits per heavy atom. The van der Waals surface area contributed by atoms with Gasteiger partial charge in [-0.15, -0.1) is 0 Å². The van der Waals surface area contributed by atoms with Gasteiger partial charge in [0.1, 0.15) is 0 Å². The van der Waals surface area contributed by atoms with E-state index in [4.69, 9.17) is 4.74 Å². The minimum absolute atomic E-state index is 0.00305. The molecule has 12 heteroatoms. The van der Waals surface area contributed by atoms with Crippen molar-refractivity contribution in [3.05, 3.63) is 53.6 Å². The molecule has 292 valence electrons. The predicted octanol–water partition coefficient (Wildman–Crippen LogP) is 6.00. The van der Waals surface area contributed by atoms with Crippen molar-refractivity contribution in [1.29, 1.82) is 0 Å². The highest BCUT2D eigenvalue weighted by Crippen LogP contribution is 2.60. The Labute approximate surface area is 320 Å². The number of aliphatic hydroxyl groups is 1. The van der Waals surface area contributed by atoms with Gasteiger partial charge in [0.25, 0.3) is 5.91 Å². The molecule has 7 rings (SSSR count). The molecule has 2 aromatic rings. The molecule has 0 aliphatic carbocycles. The van der Waals surface area contributed by atoms with Crippen molar-refractivity contribution >= 4 is 49.0 Å². The minimum Gasteiger partial charge on any atom is -0.432 e. The highest BCUT2D eigenvalue weighted by Gasteiger charge is 2.66. The molecule has 0 unspecified atom stereocenters. The summed E-state index contributed by atoms with van der Waals surface area (Å²) in [7, 11) is -3.05. The maximum absolute atomic E-state index is 15.3. The summed E-state index contributed by atoms with van der Waals surface area (Å²) in [5.41, 5.74) is 1.84. The lowest BCUT2D eigenvalue weighted by atomic mass is 9.82. The van der Waals surface area contributed by atoms with Gasteiger partial charge in [-0.1, -0.05) is 44.7 Å². The number of hydrogen-bond donors (Lipinski definition) is 2. The number of nitrogens with zero attached hydrogens (tertiary/aromatic N) is 4. The fourth-order valence-corrected chi connectivity index (χ4v) is 12.7. The molecule has 4 saturated heterocycles. The van der Waals surface area contributed by atoms with Crippen LogP contribution in [0.5, 0.6) is 0 Å². The summed E-state index contributed by atoms with van der Waals surface area (Å²) in [4.78, 5) is 74.9. The maximum Gasteiger partial charge on any atom is 0.264 e. The molecule has 2 aromatic carbocycles. The van der Waals surface area contributed by atoms with Crippen molar-refractivity contribution in [3.8, 4) is 0 Å². The van der Waals surface area contributed by atoms with Crippen LogP contribution in [-0.4, -0.2) is 85.1 Å². The van der Waals surface area contributed by atoms with E-state index >= 15 is 4.79 Å². The monoisotopic (exact) mass is 758 g/mol. The number of amides is 4. The second-order valence-electron chi connectivity index (χ2n) is 16.8. The molecule has 11 nitrogen and oxygen atoms in total. The van der Waals surface area contributed by atoms with E-state index < -0.39 is 31.5 Å². The van der Waals surface area contributed by atoms with Crippen LogP contribution in [0.3, 0.4) is 0 Å². The van der Waals surface area contributed by atoms with Crippen LogP contribution in [0.25, 0.3) is 0 Å². The zero-order chi connectivity index (χ0) is 38.2. The Kier molecular flexibility index (Phi) is 11.4. The van der Waals surface area contributed by atoms with E-state index in [0.29, 0.717) is 43.7 Å². The fourth-order valence-electron chi connectivity index (χ4n) is 10.1. The number of carbonyl (C=O) groups excluding carboxylic acids is 4. The van der Waals surface area contributed by atoms with Crippen LogP contribution < -0.4 is 14.7 Å². The van der Waals surface area contributed by atoms with Crippen molar-refractivity contribution < 1.29 is 33.8 Å². The molecule has 4 amide bonds. The first kappa shape index (κ1) is 38.7. The molecule has 54 heavy (non-hydrogen) atoms. The standard InChI is InChI=1S/C42H58N4O7Si/c1-29-40(54(2,3)52)36(26-39(50)45-23-13-16-33(45)28-47)53-42(29)34-25-32(44-22-11-7-5-9-18-38(44)49)19-20-35(34)46(41(42)51)27-30-14-12-15-31(24-30)43-21-10-6-4-8-17-37(43)48/h12,14-15,19-20,24-25,29,33,36,40,47,52H,4-11,13,16-18,21-23,26-28H2,1-3H3/t29-,33+,36+,40-,42+/m1/s1. The number of aliphatic hydroxyl groups excluding tert-OH is 1. The largest absolute Gasteiger partial charge is 0.432 e. The molecule has 5 aliphatic rings. The molecule has 5 atom stereocenters. The van der Waals surface area contributed by atoms with Crippen LogP contribution in [0.1, 0.15) is 102 Å². The lowest BCUT2D eigenvalue weighted by molar-refractivity contribution is -0.150. The van der Waals surface area contributed by atoms with E-state index in [9.17, 15) is 24.3 Å². The number of fused-ring (bicyclic) bond motifs is 2. The highest BCUT2D eigenvalue weighted by molar-refractivity contribution is 6.71. The summed E-state index contributed by atoms with van der Waals surface area (Å²) in [5.74, 6) is -0.679. The number of rotatable bonds is 8. The van der Waals surface area contributed by atoms with E-state index in [1.54, 1.807) is 9.80 Å². The normalized spacial score (nSPS) is 28.4. The number of hydrogen-bond acceptors (Lipinski definition) is 7. The summed E-state index contributed by atoms with van der Waals surface area (Å²) in [6, 6.07) is 13.4. The van der Waals surface area contributed by atoms with Gasteiger partial charge in [-0.3, -0.25) is 19.2 Å². The first-order valence-electron chi connectivity index (χ1n) is 20.4. The zero-order valence-corrected chi connectivity index (χ0v) is 33.3. The third-order valence-electron chi connectivity index (χ3n) is 12.8. The van der Waals surface area contributed by atoms with E-state index in [0.717, 1.165) is 81.1 Å². The summed E-state index contributed by atoms with van der Waals surface area (Å²) in [6.45, 7) is 7.64. The van der Waals surface area contributed by atoms with Gasteiger partial charge in [0.15, 0.2) is 13.9 Å². The second-order valence-corrected chi connectivity index (χ2v) is 20.8. The lowest BCUT2D eigenvalue weighted by Gasteiger charge is -2.33. The van der Waals surface area contributed by atoms with Crippen LogP contribution in [-0.2, 0) is 36.1 Å². The van der Waals surface area contributed by atoms with E-state index in [1.165, 1.54) is 0 Å². The van der Waals surface area contributed by atoms with Crippen molar-refractivity contribution in [2.24, 2.45) is 5.92 Å². The van der Waals surface area contributed by atoms with Gasteiger partial charge in [-0.05, 0) is 87.5 Å². The third kappa shape index (κ3) is 7.26. The first-order valence-corrected chi connectivity index (χ1v) is 23.4. The quantitative estimate of drug-likeness (QED) is 0.316. The van der Waals surface area contributed by atoms with Crippen LogP contribution in [0, 0.1) is 5.92 Å². The van der Waals surface area contributed by atoms with Crippen LogP contribution in [0.15, 0.2) is 42.5 Å². The number of benzene rings is 2. The molecule has 0 bridgehead atoms. The first-order chi connectivity index (χ1) is 25.9. The van der Waals surface area contributed by atoms with E-state index in [1.807, 2.05) is 72.3 Å². The minimum atomic E-state index is -3.05. The summed E-state index contributed by atoms with van der Waals surface area (Å²) in [6.07, 6.45) is 9.66. The zero-order valence-electron chi connectivity index (χ0n) is 32.3. The van der Waals surface area contributed by atoms with Gasteiger partial charge in [-0.2, -0.15) is 0 Å². The number of likely N-dealkylation sites (tertiary alicyclic amines) is 1. The Morgan fingerprint density at radius 3 is 2.15 bits per heavy atom. The van der Waals surface area contributed by atoms with Crippen molar-refractivity contribution in [2.75, 3.05) is 40.9 Å². The van der Waals surface area contributed by atoms with E-state index in [2.05, 4.69) is 0 Å². The Bertz CT molecular complexity index is 1750. The molecular formula is C42H58N4O7Si. The van der Waals surface area contributed by atoms with Gasteiger partial charge in [-0.25, -0.2) is 0 Å². The fraction of sp³-hybridized carbons (Fsp3) is 0.619. The van der Waals surface area contributed by atoms with Crippen molar-refractivity contribution in [3.63, 3.8) is 0 Å². The van der Waals surface area contributed by atoms with Crippen molar-refractivity contribution in [1.82, 2.24) is 4.90 Å². The molecule has 2 N–H and O–H groups in total. The molecule has 5 heterocycles. The third-order valence-corrected chi connectivity index (χ3v) is 15.3. The molecule has 0 aromatic heterocycles. The van der Waals surface area contributed by atoms with Gasteiger partial charge >= 0.3 is 0 Å². The SMILES string of the molecule is C[C@@H]1[C@@H]([Si](C)(C)O)[C@H](CC(=O)N2CCC[C@H]2CO)O[C@@]12C(=O)N(Cc1cccc(N3CCCCCCC3=O)c1)c1ccc(N3CCCCCCC3=O)cc12. The summed E-state index contributed by atoms with van der Waals surface area (Å²) in [5, 5.41) is 9.99. The maximum atomic E-state index is 15.3. The average Bonchev–Trinajstić information content (AvgIpc) is 3.79. The van der Waals surface area contributed by atoms with Crippen LogP contribution >= 0.6 is 0 Å². The van der Waals surface area contributed by atoms with Gasteiger partial charge in [0, 0.05) is 60.9 Å². The number of anilines is 3. The smallest absolute Gasteiger partial charge is 0.264 e. The van der Waals surface area contributed by atoms with Crippen LogP contribution in [0.2, 0.25) is 18.6 Å². The number of ether oxygens (including phenoxy) is 1. The van der Waals surface area contributed by atoms with Gasteiger partial charge in [0.2, 0.25) is 17.7 Å². The Hall–Kier alpha value is -3.58. The van der Waals surface area contributed by atoms with E-state index in [-0.39, 0.29) is 49.2 Å². The summed E-state index contributed by atoms with van der Waals surface area (Å²) >= 11 is 0. The topological polar surface area (TPSA) is 131 Å². The highest BCUT2D eigenvalue weighted by atomic mass is 28.4. The molecule has 0 saturated carbocycles. The predicted molar refractivity (Wildman–Crippen MR) is 211 cm³/mol. The molecule has 0 radical (unpaired) electrons. The Morgan fingerprint density at radius 2 is 1.50 bits per heavy atom. The average molecular weight is 759 g/mol. The number of carbonyl (C=O) groups is 4. The molecular weight excluding hydrogens is 701 g/mol. The molecule has 4 fully saturated rings. The van der Waals surface area contributed by atoms with Crippen LogP contribution in [0.4, 0.5) is 17.1 Å². The van der Waals surface area contributed by atoms with Gasteiger partial charge in [0.05, 0.1) is 37.4 Å².